The van der Waals surface area contributed by atoms with E-state index in [1.54, 1.807) is 0 Å². The highest BCUT2D eigenvalue weighted by Gasteiger charge is 2.32. The van der Waals surface area contributed by atoms with Gasteiger partial charge in [-0.15, -0.1) is 0 Å². The maximum Gasteiger partial charge on any atom is 0.339 e. The molecular formula is C15H15ClN2O6. The fourth-order valence-electron chi connectivity index (χ4n) is 2.41. The number of rotatable bonds is 3. The number of amides is 3. The Balaban J connectivity index is 1.71. The van der Waals surface area contributed by atoms with Crippen molar-refractivity contribution in [2.24, 2.45) is 0 Å². The number of carbonyl (C=O) groups excluding carboxylic acids is 3. The van der Waals surface area contributed by atoms with Crippen LogP contribution >= 0.6 is 11.6 Å². The van der Waals surface area contributed by atoms with Gasteiger partial charge in [-0.1, -0.05) is 11.6 Å². The summed E-state index contributed by atoms with van der Waals surface area (Å²) < 4.78 is 15.9. The topological polar surface area (TPSA) is 94.2 Å². The number of imide groups is 1. The number of benzene rings is 1. The Morgan fingerprint density at radius 3 is 2.79 bits per heavy atom. The van der Waals surface area contributed by atoms with Crippen LogP contribution < -0.4 is 14.8 Å². The molecule has 0 radical (unpaired) electrons. The highest BCUT2D eigenvalue weighted by Crippen LogP contribution is 2.38. The van der Waals surface area contributed by atoms with Gasteiger partial charge < -0.3 is 19.5 Å². The molecule has 0 spiro atoms. The fraction of sp³-hybridized carbons (Fsp3) is 0.400. The van der Waals surface area contributed by atoms with Crippen molar-refractivity contribution in [2.75, 3.05) is 26.3 Å². The van der Waals surface area contributed by atoms with Gasteiger partial charge in [0.05, 0.1) is 10.6 Å². The lowest BCUT2D eigenvalue weighted by molar-refractivity contribution is -0.136. The van der Waals surface area contributed by atoms with Crippen LogP contribution in [0.15, 0.2) is 12.1 Å². The van der Waals surface area contributed by atoms with E-state index >= 15 is 0 Å². The number of carbonyl (C=O) groups is 3. The van der Waals surface area contributed by atoms with Crippen molar-refractivity contribution >= 4 is 29.5 Å². The van der Waals surface area contributed by atoms with Crippen molar-refractivity contribution in [3.8, 4) is 11.5 Å². The van der Waals surface area contributed by atoms with Gasteiger partial charge >= 0.3 is 12.0 Å². The van der Waals surface area contributed by atoms with Gasteiger partial charge in [0.15, 0.2) is 17.6 Å². The fourth-order valence-corrected chi connectivity index (χ4v) is 2.67. The molecule has 128 valence electrons. The van der Waals surface area contributed by atoms with Crippen LogP contribution in [-0.2, 0) is 9.53 Å². The van der Waals surface area contributed by atoms with E-state index in [0.717, 1.165) is 4.90 Å². The number of fused-ring (bicyclic) bond motifs is 1. The Labute approximate surface area is 142 Å². The molecular weight excluding hydrogens is 340 g/mol. The molecule has 0 bridgehead atoms. The van der Waals surface area contributed by atoms with Crippen LogP contribution in [0.1, 0.15) is 17.3 Å². The van der Waals surface area contributed by atoms with Gasteiger partial charge in [0.25, 0.3) is 5.91 Å². The molecule has 1 N–H and O–H groups in total. The molecule has 2 aliphatic rings. The van der Waals surface area contributed by atoms with Crippen molar-refractivity contribution in [3.05, 3.63) is 22.7 Å². The summed E-state index contributed by atoms with van der Waals surface area (Å²) in [6, 6.07) is 2.34. The SMILES string of the molecule is C[C@H](OC(=O)c1cc(Cl)c2c(c1)OCCO2)C(=O)N1CCNC1=O. The minimum absolute atomic E-state index is 0.134. The molecule has 2 heterocycles. The van der Waals surface area contributed by atoms with E-state index in [1.165, 1.54) is 19.1 Å². The summed E-state index contributed by atoms with van der Waals surface area (Å²) in [6.07, 6.45) is -1.10. The van der Waals surface area contributed by atoms with Crippen LogP contribution in [0.2, 0.25) is 5.02 Å². The summed E-state index contributed by atoms with van der Waals surface area (Å²) in [5.41, 5.74) is 0.134. The van der Waals surface area contributed by atoms with E-state index in [4.69, 9.17) is 25.8 Å². The number of nitrogens with one attached hydrogen (secondary N) is 1. The first kappa shape index (κ1) is 16.4. The number of halogens is 1. The lowest BCUT2D eigenvalue weighted by Gasteiger charge is -2.21. The first-order valence-electron chi connectivity index (χ1n) is 7.36. The molecule has 1 atom stereocenters. The summed E-state index contributed by atoms with van der Waals surface area (Å²) >= 11 is 6.07. The molecule has 8 nitrogen and oxygen atoms in total. The van der Waals surface area contributed by atoms with Gasteiger partial charge in [-0.05, 0) is 19.1 Å². The van der Waals surface area contributed by atoms with Crippen LogP contribution in [0.3, 0.4) is 0 Å². The van der Waals surface area contributed by atoms with Crippen molar-refractivity contribution in [1.29, 1.82) is 0 Å². The number of hydrogen-bond donors (Lipinski definition) is 1. The predicted molar refractivity (Wildman–Crippen MR) is 82.4 cm³/mol. The van der Waals surface area contributed by atoms with Crippen LogP contribution in [-0.4, -0.2) is 55.2 Å². The van der Waals surface area contributed by atoms with Crippen molar-refractivity contribution < 1.29 is 28.6 Å². The van der Waals surface area contributed by atoms with Gasteiger partial charge in [-0.25, -0.2) is 9.59 Å². The summed E-state index contributed by atoms with van der Waals surface area (Å²) in [5, 5.41) is 2.73. The minimum Gasteiger partial charge on any atom is -0.486 e. The minimum atomic E-state index is -1.10. The Kier molecular flexibility index (Phi) is 4.48. The Hall–Kier alpha value is -2.48. The number of hydrogen-bond acceptors (Lipinski definition) is 6. The second-order valence-corrected chi connectivity index (χ2v) is 5.66. The zero-order chi connectivity index (χ0) is 17.3. The van der Waals surface area contributed by atoms with Crippen LogP contribution in [0.4, 0.5) is 4.79 Å². The summed E-state index contributed by atoms with van der Waals surface area (Å²) in [7, 11) is 0. The molecule has 0 saturated carbocycles. The standard InChI is InChI=1S/C15H15ClN2O6/c1-8(13(19)18-3-2-17-15(18)21)24-14(20)9-6-10(16)12-11(7-9)22-4-5-23-12/h6-8H,2-5H2,1H3,(H,17,21)/t8-/m0/s1. The molecule has 24 heavy (non-hydrogen) atoms. The van der Waals surface area contributed by atoms with Gasteiger partial charge in [0, 0.05) is 13.1 Å². The largest absolute Gasteiger partial charge is 0.486 e. The molecule has 1 saturated heterocycles. The van der Waals surface area contributed by atoms with Crippen molar-refractivity contribution in [1.82, 2.24) is 10.2 Å². The molecule has 1 aromatic carbocycles. The van der Waals surface area contributed by atoms with Crippen LogP contribution in [0, 0.1) is 0 Å². The molecule has 0 unspecified atom stereocenters. The van der Waals surface area contributed by atoms with E-state index in [9.17, 15) is 14.4 Å². The maximum atomic E-state index is 12.2. The number of ether oxygens (including phenoxy) is 3. The molecule has 2 aliphatic heterocycles. The lowest BCUT2D eigenvalue weighted by atomic mass is 10.2. The molecule has 3 amide bonds. The Bertz CT molecular complexity index is 707. The van der Waals surface area contributed by atoms with E-state index in [0.29, 0.717) is 31.3 Å². The number of nitrogens with zero attached hydrogens (tertiary/aromatic N) is 1. The molecule has 0 aliphatic carbocycles. The van der Waals surface area contributed by atoms with Crippen LogP contribution in [0.5, 0.6) is 11.5 Å². The van der Waals surface area contributed by atoms with Gasteiger partial charge in [-0.3, -0.25) is 9.69 Å². The Morgan fingerprint density at radius 1 is 1.33 bits per heavy atom. The summed E-state index contributed by atoms with van der Waals surface area (Å²) in [4.78, 5) is 36.9. The molecule has 9 heteroatoms. The molecule has 0 aromatic heterocycles. The van der Waals surface area contributed by atoms with E-state index in [1.807, 2.05) is 0 Å². The third-order valence-electron chi connectivity index (χ3n) is 3.59. The van der Waals surface area contributed by atoms with E-state index in [2.05, 4.69) is 5.32 Å². The monoisotopic (exact) mass is 354 g/mol. The van der Waals surface area contributed by atoms with Gasteiger partial charge in [0.1, 0.15) is 13.2 Å². The normalized spacial score (nSPS) is 17.2. The lowest BCUT2D eigenvalue weighted by Crippen LogP contribution is -2.41. The zero-order valence-corrected chi connectivity index (χ0v) is 13.6. The summed E-state index contributed by atoms with van der Waals surface area (Å²) in [5.74, 6) is -0.604. The maximum absolute atomic E-state index is 12.2. The van der Waals surface area contributed by atoms with Gasteiger partial charge in [0.2, 0.25) is 0 Å². The van der Waals surface area contributed by atoms with Gasteiger partial charge in [-0.2, -0.15) is 0 Å². The number of urea groups is 1. The highest BCUT2D eigenvalue weighted by molar-refractivity contribution is 6.32. The van der Waals surface area contributed by atoms with E-state index in [-0.39, 0.29) is 17.1 Å². The smallest absolute Gasteiger partial charge is 0.339 e. The first-order valence-corrected chi connectivity index (χ1v) is 7.74. The molecule has 3 rings (SSSR count). The Morgan fingerprint density at radius 2 is 2.08 bits per heavy atom. The first-order chi connectivity index (χ1) is 11.5. The van der Waals surface area contributed by atoms with Crippen molar-refractivity contribution in [2.45, 2.75) is 13.0 Å². The quantitative estimate of drug-likeness (QED) is 0.820. The molecule has 1 fully saturated rings. The van der Waals surface area contributed by atoms with Crippen LogP contribution in [0.25, 0.3) is 0 Å². The average Bonchev–Trinajstić information content (AvgIpc) is 3.00. The summed E-state index contributed by atoms with van der Waals surface area (Å²) in [6.45, 7) is 2.75. The zero-order valence-electron chi connectivity index (χ0n) is 12.8. The van der Waals surface area contributed by atoms with E-state index < -0.39 is 24.0 Å². The van der Waals surface area contributed by atoms with Crippen molar-refractivity contribution in [3.63, 3.8) is 0 Å². The second-order valence-electron chi connectivity index (χ2n) is 5.25. The second kappa shape index (κ2) is 6.56. The number of esters is 1. The molecule has 1 aromatic rings. The third-order valence-corrected chi connectivity index (χ3v) is 3.87. The average molecular weight is 355 g/mol. The third kappa shape index (κ3) is 3.09. The predicted octanol–water partition coefficient (Wildman–Crippen LogP) is 1.21. The highest BCUT2D eigenvalue weighted by atomic mass is 35.5.